The second kappa shape index (κ2) is 11.2. The number of hydrogen-bond donors (Lipinski definition) is 1. The number of pyridine rings is 1. The Morgan fingerprint density at radius 1 is 1.05 bits per heavy atom. The Morgan fingerprint density at radius 2 is 1.84 bits per heavy atom. The summed E-state index contributed by atoms with van der Waals surface area (Å²) in [4.78, 5) is 32.4. The number of fused-ring (bicyclic) bond motifs is 2. The van der Waals surface area contributed by atoms with Crippen LogP contribution in [0.1, 0.15) is 25.3 Å². The number of carbonyl (C=O) groups excluding carboxylic acids is 1. The van der Waals surface area contributed by atoms with E-state index < -0.39 is 0 Å². The molecule has 3 heterocycles. The molecule has 37 heavy (non-hydrogen) atoms. The molecular weight excluding hydrogens is 472 g/mol. The molecule has 1 fully saturated rings. The lowest BCUT2D eigenvalue weighted by molar-refractivity contribution is -0.149. The molecule has 0 atom stereocenters. The molecule has 1 amide bonds. The summed E-state index contributed by atoms with van der Waals surface area (Å²) in [6.07, 6.45) is 2.12. The van der Waals surface area contributed by atoms with Gasteiger partial charge in [0.05, 0.1) is 5.52 Å². The maximum absolute atomic E-state index is 12.7. The van der Waals surface area contributed by atoms with Crippen molar-refractivity contribution in [3.8, 4) is 17.2 Å². The average molecular weight is 507 g/mol. The van der Waals surface area contributed by atoms with Crippen LogP contribution < -0.4 is 25.2 Å². The van der Waals surface area contributed by atoms with E-state index in [2.05, 4.69) is 22.3 Å². The fourth-order valence-electron chi connectivity index (χ4n) is 4.88. The van der Waals surface area contributed by atoms with Gasteiger partial charge in [0.15, 0.2) is 17.2 Å². The number of likely N-dealkylation sites (tertiary alicyclic amines) is 1. The Balaban J connectivity index is 1.15. The number of nitrogens with zero attached hydrogens (tertiary/aromatic N) is 3. The van der Waals surface area contributed by atoms with E-state index in [1.54, 1.807) is 29.8 Å². The standard InChI is InChI=1S/C28H34N4O5/c1-20(33)30(2)37-25-5-3-4-24-23(25)7-9-28(34)32(24)15-14-31-12-10-22(11-13-31)29-19-21-6-8-26-27(18-21)36-17-16-35-26/h3-9,18,22,29H,10-17,19H2,1-2H3. The molecular formula is C28H34N4O5. The van der Waals surface area contributed by atoms with E-state index in [1.165, 1.54) is 17.6 Å². The topological polar surface area (TPSA) is 85.3 Å². The number of piperidine rings is 1. The third kappa shape index (κ3) is 5.89. The van der Waals surface area contributed by atoms with Gasteiger partial charge in [-0.05, 0) is 61.8 Å². The van der Waals surface area contributed by atoms with Crippen molar-refractivity contribution in [2.24, 2.45) is 0 Å². The number of carbonyl (C=O) groups is 1. The van der Waals surface area contributed by atoms with Crippen molar-refractivity contribution >= 4 is 16.8 Å². The number of hydroxylamine groups is 2. The highest BCUT2D eigenvalue weighted by atomic mass is 16.7. The zero-order chi connectivity index (χ0) is 25.8. The molecule has 0 spiro atoms. The van der Waals surface area contributed by atoms with Gasteiger partial charge in [-0.1, -0.05) is 12.1 Å². The maximum Gasteiger partial charge on any atom is 0.251 e. The van der Waals surface area contributed by atoms with Gasteiger partial charge >= 0.3 is 0 Å². The highest BCUT2D eigenvalue weighted by molar-refractivity contribution is 5.85. The third-order valence-corrected chi connectivity index (χ3v) is 7.10. The van der Waals surface area contributed by atoms with Crippen molar-refractivity contribution < 1.29 is 19.1 Å². The smallest absolute Gasteiger partial charge is 0.251 e. The zero-order valence-electron chi connectivity index (χ0n) is 21.4. The Hall–Kier alpha value is -3.56. The monoisotopic (exact) mass is 506 g/mol. The van der Waals surface area contributed by atoms with E-state index in [-0.39, 0.29) is 11.5 Å². The minimum Gasteiger partial charge on any atom is -0.486 e. The molecule has 2 aromatic carbocycles. The van der Waals surface area contributed by atoms with E-state index >= 15 is 0 Å². The van der Waals surface area contributed by atoms with E-state index in [1.807, 2.05) is 18.2 Å². The van der Waals surface area contributed by atoms with E-state index in [0.29, 0.717) is 31.5 Å². The van der Waals surface area contributed by atoms with Gasteiger partial charge in [-0.3, -0.25) is 9.59 Å². The molecule has 196 valence electrons. The van der Waals surface area contributed by atoms with Crippen molar-refractivity contribution in [1.82, 2.24) is 19.8 Å². The Kier molecular flexibility index (Phi) is 7.62. The third-order valence-electron chi connectivity index (χ3n) is 7.10. The summed E-state index contributed by atoms with van der Waals surface area (Å²) in [6.45, 7) is 6.80. The molecule has 0 unspecified atom stereocenters. The molecule has 0 saturated carbocycles. The van der Waals surface area contributed by atoms with Crippen LogP contribution in [0.25, 0.3) is 10.9 Å². The number of nitrogens with one attached hydrogen (secondary N) is 1. The average Bonchev–Trinajstić information content (AvgIpc) is 2.92. The summed E-state index contributed by atoms with van der Waals surface area (Å²) in [5.74, 6) is 2.00. The normalized spacial score (nSPS) is 16.1. The van der Waals surface area contributed by atoms with Gasteiger partial charge in [0.2, 0.25) is 0 Å². The Morgan fingerprint density at radius 3 is 2.62 bits per heavy atom. The van der Waals surface area contributed by atoms with E-state index in [0.717, 1.165) is 61.4 Å². The Labute approximate surface area is 216 Å². The first-order chi connectivity index (χ1) is 18.0. The lowest BCUT2D eigenvalue weighted by Gasteiger charge is -2.32. The van der Waals surface area contributed by atoms with E-state index in [4.69, 9.17) is 14.3 Å². The second-order valence-corrected chi connectivity index (χ2v) is 9.59. The minimum absolute atomic E-state index is 0.0412. The fraction of sp³-hybridized carbons (Fsp3) is 0.429. The Bertz CT molecular complexity index is 1320. The van der Waals surface area contributed by atoms with Crippen LogP contribution in [0.5, 0.6) is 17.2 Å². The van der Waals surface area contributed by atoms with Gasteiger partial charge in [0.1, 0.15) is 13.2 Å². The number of hydrogen-bond acceptors (Lipinski definition) is 7. The highest BCUT2D eigenvalue weighted by Gasteiger charge is 2.20. The molecule has 3 aromatic rings. The molecule has 9 heteroatoms. The minimum atomic E-state index is -0.200. The lowest BCUT2D eigenvalue weighted by atomic mass is 10.0. The van der Waals surface area contributed by atoms with Crippen LogP contribution in [-0.2, 0) is 17.9 Å². The van der Waals surface area contributed by atoms with Gasteiger partial charge < -0.3 is 29.1 Å². The fourth-order valence-corrected chi connectivity index (χ4v) is 4.88. The molecule has 0 radical (unpaired) electrons. The van der Waals surface area contributed by atoms with Gasteiger partial charge in [0, 0.05) is 51.1 Å². The zero-order valence-corrected chi connectivity index (χ0v) is 21.4. The summed E-state index contributed by atoms with van der Waals surface area (Å²) < 4.78 is 13.1. The summed E-state index contributed by atoms with van der Waals surface area (Å²) in [7, 11) is 1.58. The van der Waals surface area contributed by atoms with Crippen molar-refractivity contribution in [1.29, 1.82) is 0 Å². The number of benzene rings is 2. The van der Waals surface area contributed by atoms with Crippen LogP contribution in [0, 0.1) is 0 Å². The first-order valence-electron chi connectivity index (χ1n) is 12.9. The summed E-state index contributed by atoms with van der Waals surface area (Å²) >= 11 is 0. The first-order valence-corrected chi connectivity index (χ1v) is 12.9. The van der Waals surface area contributed by atoms with Crippen LogP contribution in [-0.4, -0.2) is 66.4 Å². The molecule has 1 aromatic heterocycles. The van der Waals surface area contributed by atoms with Crippen molar-refractivity contribution in [3.63, 3.8) is 0 Å². The number of amides is 1. The summed E-state index contributed by atoms with van der Waals surface area (Å²) in [5, 5.41) is 5.68. The molecule has 9 nitrogen and oxygen atoms in total. The van der Waals surface area contributed by atoms with Crippen LogP contribution in [0.2, 0.25) is 0 Å². The predicted molar refractivity (Wildman–Crippen MR) is 141 cm³/mol. The van der Waals surface area contributed by atoms with Crippen molar-refractivity contribution in [2.45, 2.75) is 38.9 Å². The second-order valence-electron chi connectivity index (χ2n) is 9.59. The molecule has 2 aliphatic rings. The summed E-state index contributed by atoms with van der Waals surface area (Å²) in [5.41, 5.74) is 1.96. The maximum atomic E-state index is 12.7. The largest absolute Gasteiger partial charge is 0.486 e. The molecule has 1 saturated heterocycles. The van der Waals surface area contributed by atoms with Crippen LogP contribution in [0.4, 0.5) is 0 Å². The van der Waals surface area contributed by atoms with Gasteiger partial charge in [-0.15, -0.1) is 0 Å². The highest BCUT2D eigenvalue weighted by Crippen LogP contribution is 2.31. The van der Waals surface area contributed by atoms with Crippen LogP contribution in [0.15, 0.2) is 53.3 Å². The molecule has 5 rings (SSSR count). The SMILES string of the molecule is CC(=O)N(C)Oc1cccc2c1ccc(=O)n2CCN1CCC(NCc2ccc3c(c2)OCCO3)CC1. The van der Waals surface area contributed by atoms with Gasteiger partial charge in [-0.25, -0.2) is 0 Å². The number of rotatable bonds is 8. The molecule has 1 N–H and O–H groups in total. The summed E-state index contributed by atoms with van der Waals surface area (Å²) in [6, 6.07) is 15.5. The van der Waals surface area contributed by atoms with Crippen LogP contribution >= 0.6 is 0 Å². The number of ether oxygens (including phenoxy) is 2. The van der Waals surface area contributed by atoms with E-state index in [9.17, 15) is 9.59 Å². The molecule has 0 bridgehead atoms. The van der Waals surface area contributed by atoms with Gasteiger partial charge in [-0.2, -0.15) is 5.06 Å². The predicted octanol–water partition coefficient (Wildman–Crippen LogP) is 2.80. The quantitative estimate of drug-likeness (QED) is 0.471. The van der Waals surface area contributed by atoms with Gasteiger partial charge in [0.25, 0.3) is 11.5 Å². The molecule has 0 aliphatic carbocycles. The van der Waals surface area contributed by atoms with Crippen LogP contribution in [0.3, 0.4) is 0 Å². The first kappa shape index (κ1) is 25.1. The number of aromatic nitrogens is 1. The van der Waals surface area contributed by atoms with Crippen molar-refractivity contribution in [3.05, 3.63) is 64.4 Å². The lowest BCUT2D eigenvalue weighted by Crippen LogP contribution is -2.43. The molecule has 2 aliphatic heterocycles. The van der Waals surface area contributed by atoms with Crippen molar-refractivity contribution in [2.75, 3.05) is 39.9 Å².